The zero-order valence-corrected chi connectivity index (χ0v) is 11.5. The fourth-order valence-corrected chi connectivity index (χ4v) is 2.18. The van der Waals surface area contributed by atoms with Crippen molar-refractivity contribution in [3.63, 3.8) is 0 Å². The first kappa shape index (κ1) is 15.0. The zero-order valence-electron chi connectivity index (χ0n) is 11.5. The van der Waals surface area contributed by atoms with Gasteiger partial charge in [-0.3, -0.25) is 9.59 Å². The zero-order chi connectivity index (χ0) is 13.8. The van der Waals surface area contributed by atoms with Crippen molar-refractivity contribution >= 4 is 11.9 Å². The van der Waals surface area contributed by atoms with Gasteiger partial charge >= 0.3 is 5.97 Å². The van der Waals surface area contributed by atoms with Crippen LogP contribution < -0.4 is 5.32 Å². The van der Waals surface area contributed by atoms with E-state index in [0.29, 0.717) is 26.1 Å². The second-order valence-electron chi connectivity index (χ2n) is 6.02. The topological polar surface area (TPSA) is 69.6 Å². The van der Waals surface area contributed by atoms with E-state index >= 15 is 0 Å². The lowest BCUT2D eigenvalue weighted by Gasteiger charge is -2.22. The third-order valence-electron chi connectivity index (χ3n) is 3.10. The van der Waals surface area contributed by atoms with Crippen molar-refractivity contribution < 1.29 is 14.7 Å². The summed E-state index contributed by atoms with van der Waals surface area (Å²) in [6.45, 7) is 8.16. The van der Waals surface area contributed by atoms with E-state index in [-0.39, 0.29) is 23.8 Å². The van der Waals surface area contributed by atoms with E-state index in [9.17, 15) is 9.59 Å². The summed E-state index contributed by atoms with van der Waals surface area (Å²) in [6.07, 6.45) is 1.46. The van der Waals surface area contributed by atoms with Crippen LogP contribution in [0.4, 0.5) is 0 Å². The summed E-state index contributed by atoms with van der Waals surface area (Å²) in [5, 5.41) is 12.0. The lowest BCUT2D eigenvalue weighted by atomic mass is 10.1. The van der Waals surface area contributed by atoms with Crippen molar-refractivity contribution in [2.45, 2.75) is 45.6 Å². The highest BCUT2D eigenvalue weighted by Gasteiger charge is 2.27. The lowest BCUT2D eigenvalue weighted by molar-refractivity contribution is -0.138. The predicted molar refractivity (Wildman–Crippen MR) is 69.3 cm³/mol. The van der Waals surface area contributed by atoms with Crippen LogP contribution in [0.2, 0.25) is 0 Å². The number of hydrogen-bond donors (Lipinski definition) is 2. The third-order valence-corrected chi connectivity index (χ3v) is 3.10. The molecule has 0 bridgehead atoms. The van der Waals surface area contributed by atoms with Crippen LogP contribution in [0.25, 0.3) is 0 Å². The number of aliphatic carboxylic acids is 1. The van der Waals surface area contributed by atoms with Gasteiger partial charge in [-0.05, 0) is 33.1 Å². The first-order valence-electron chi connectivity index (χ1n) is 6.52. The van der Waals surface area contributed by atoms with Crippen molar-refractivity contribution in [2.75, 3.05) is 19.6 Å². The molecule has 5 nitrogen and oxygen atoms in total. The molecular formula is C13H24N2O3. The van der Waals surface area contributed by atoms with E-state index in [4.69, 9.17) is 5.11 Å². The molecule has 104 valence electrons. The number of nitrogens with zero attached hydrogens (tertiary/aromatic N) is 1. The molecular weight excluding hydrogens is 232 g/mol. The number of carbonyl (C=O) groups excluding carboxylic acids is 1. The normalized spacial score (nSPS) is 20.2. The third kappa shape index (κ3) is 5.49. The molecule has 0 aliphatic carbocycles. The minimum absolute atomic E-state index is 0.0249. The number of hydrogen-bond acceptors (Lipinski definition) is 3. The van der Waals surface area contributed by atoms with E-state index < -0.39 is 5.97 Å². The van der Waals surface area contributed by atoms with Gasteiger partial charge in [0.25, 0.3) is 0 Å². The molecule has 1 amide bonds. The Morgan fingerprint density at radius 1 is 1.39 bits per heavy atom. The molecule has 0 aromatic heterocycles. The Balaban J connectivity index is 2.25. The van der Waals surface area contributed by atoms with Crippen LogP contribution in [0, 0.1) is 5.92 Å². The van der Waals surface area contributed by atoms with Gasteiger partial charge in [-0.2, -0.15) is 0 Å². The summed E-state index contributed by atoms with van der Waals surface area (Å²) in [7, 11) is 0. The molecule has 0 radical (unpaired) electrons. The first-order chi connectivity index (χ1) is 8.28. The first-order valence-corrected chi connectivity index (χ1v) is 6.52. The van der Waals surface area contributed by atoms with Crippen LogP contribution in [-0.4, -0.2) is 47.1 Å². The van der Waals surface area contributed by atoms with Crippen LogP contribution in [0.5, 0.6) is 0 Å². The molecule has 0 spiro atoms. The Kier molecular flexibility index (Phi) is 5.14. The number of rotatable bonds is 5. The van der Waals surface area contributed by atoms with E-state index in [2.05, 4.69) is 26.1 Å². The number of nitrogens with one attached hydrogen (secondary N) is 1. The fourth-order valence-electron chi connectivity index (χ4n) is 2.18. The monoisotopic (exact) mass is 256 g/mol. The molecule has 18 heavy (non-hydrogen) atoms. The number of amides is 1. The van der Waals surface area contributed by atoms with Gasteiger partial charge in [0.05, 0.1) is 0 Å². The Hall–Kier alpha value is -1.10. The van der Waals surface area contributed by atoms with E-state index in [1.807, 2.05) is 0 Å². The Bertz CT molecular complexity index is 310. The molecule has 1 fully saturated rings. The van der Waals surface area contributed by atoms with E-state index in [1.54, 1.807) is 4.90 Å². The number of carbonyl (C=O) groups is 2. The minimum Gasteiger partial charge on any atom is -0.481 e. The second-order valence-corrected chi connectivity index (χ2v) is 6.02. The second kappa shape index (κ2) is 6.18. The van der Waals surface area contributed by atoms with Crippen molar-refractivity contribution in [2.24, 2.45) is 5.92 Å². The molecule has 1 aliphatic rings. The summed E-state index contributed by atoms with van der Waals surface area (Å²) < 4.78 is 0. The van der Waals surface area contributed by atoms with Gasteiger partial charge in [0.2, 0.25) is 5.91 Å². The highest BCUT2D eigenvalue weighted by atomic mass is 16.4. The summed E-state index contributed by atoms with van der Waals surface area (Å²) in [4.78, 5) is 24.3. The van der Waals surface area contributed by atoms with Crippen molar-refractivity contribution in [1.29, 1.82) is 0 Å². The maximum absolute atomic E-state index is 11.9. The van der Waals surface area contributed by atoms with Gasteiger partial charge < -0.3 is 15.3 Å². The minimum atomic E-state index is -0.774. The largest absolute Gasteiger partial charge is 0.481 e. The van der Waals surface area contributed by atoms with Crippen LogP contribution in [0.1, 0.15) is 40.0 Å². The SMILES string of the molecule is CC(C)(C)NCCC(=O)N1CCC(CC(=O)O)C1. The number of likely N-dealkylation sites (tertiary alicyclic amines) is 1. The summed E-state index contributed by atoms with van der Waals surface area (Å²) in [5.41, 5.74) is 0.0249. The van der Waals surface area contributed by atoms with Gasteiger partial charge in [0, 0.05) is 38.0 Å². The van der Waals surface area contributed by atoms with Gasteiger partial charge in [-0.15, -0.1) is 0 Å². The lowest BCUT2D eigenvalue weighted by Crippen LogP contribution is -2.39. The molecule has 1 aliphatic heterocycles. The van der Waals surface area contributed by atoms with Gasteiger partial charge in [-0.1, -0.05) is 0 Å². The summed E-state index contributed by atoms with van der Waals surface area (Å²) in [5.74, 6) is -0.523. The van der Waals surface area contributed by atoms with Gasteiger partial charge in [0.15, 0.2) is 0 Å². The average molecular weight is 256 g/mol. The number of carboxylic acid groups (broad SMARTS) is 1. The molecule has 0 aromatic carbocycles. The van der Waals surface area contributed by atoms with E-state index in [0.717, 1.165) is 6.42 Å². The quantitative estimate of drug-likeness (QED) is 0.772. The fraction of sp³-hybridized carbons (Fsp3) is 0.846. The van der Waals surface area contributed by atoms with Crippen LogP contribution in [0.3, 0.4) is 0 Å². The summed E-state index contributed by atoms with van der Waals surface area (Å²) in [6, 6.07) is 0. The maximum Gasteiger partial charge on any atom is 0.303 e. The van der Waals surface area contributed by atoms with Crippen LogP contribution in [0.15, 0.2) is 0 Å². The molecule has 2 N–H and O–H groups in total. The van der Waals surface area contributed by atoms with Gasteiger partial charge in [-0.25, -0.2) is 0 Å². The Morgan fingerprint density at radius 2 is 2.06 bits per heavy atom. The summed E-state index contributed by atoms with van der Waals surface area (Å²) >= 11 is 0. The van der Waals surface area contributed by atoms with Crippen LogP contribution >= 0.6 is 0 Å². The molecule has 1 unspecified atom stereocenters. The molecule has 0 saturated carbocycles. The molecule has 1 rings (SSSR count). The standard InChI is InChI=1S/C13H24N2O3/c1-13(2,3)14-6-4-11(16)15-7-5-10(9-15)8-12(17)18/h10,14H,4-9H2,1-3H3,(H,17,18). The molecule has 0 aromatic rings. The Labute approximate surface area is 109 Å². The molecule has 5 heteroatoms. The van der Waals surface area contributed by atoms with Gasteiger partial charge in [0.1, 0.15) is 0 Å². The average Bonchev–Trinajstić information content (AvgIpc) is 2.63. The van der Waals surface area contributed by atoms with Crippen LogP contribution in [-0.2, 0) is 9.59 Å². The highest BCUT2D eigenvalue weighted by Crippen LogP contribution is 2.20. The number of carboxylic acids is 1. The molecule has 1 saturated heterocycles. The predicted octanol–water partition coefficient (Wildman–Crippen LogP) is 1.09. The smallest absolute Gasteiger partial charge is 0.303 e. The Morgan fingerprint density at radius 3 is 2.61 bits per heavy atom. The highest BCUT2D eigenvalue weighted by molar-refractivity contribution is 5.77. The van der Waals surface area contributed by atoms with Crippen molar-refractivity contribution in [3.05, 3.63) is 0 Å². The molecule has 1 heterocycles. The maximum atomic E-state index is 11.9. The molecule has 1 atom stereocenters. The van der Waals surface area contributed by atoms with E-state index in [1.165, 1.54) is 0 Å². The van der Waals surface area contributed by atoms with Crippen molar-refractivity contribution in [1.82, 2.24) is 10.2 Å². The van der Waals surface area contributed by atoms with Crippen molar-refractivity contribution in [3.8, 4) is 0 Å².